The van der Waals surface area contributed by atoms with Gasteiger partial charge in [-0.05, 0) is 0 Å². The number of benzene rings is 1. The van der Waals surface area contributed by atoms with Gasteiger partial charge in [0.15, 0.2) is 0 Å². The molecule has 1 aromatic rings. The van der Waals surface area contributed by atoms with E-state index in [1.807, 2.05) is 18.2 Å². The molecule has 18 heavy (non-hydrogen) atoms. The Morgan fingerprint density at radius 2 is 2.11 bits per heavy atom. The summed E-state index contributed by atoms with van der Waals surface area (Å²) in [7, 11) is 0. The van der Waals surface area contributed by atoms with E-state index in [4.69, 9.17) is 4.74 Å². The third kappa shape index (κ3) is 2.92. The second kappa shape index (κ2) is 5.55. The number of amides is 1. The van der Waals surface area contributed by atoms with E-state index in [1.54, 1.807) is 6.92 Å². The number of carbonyl (C=O) groups is 1. The normalized spacial score (nSPS) is 20.3. The molecule has 0 aromatic heterocycles. The van der Waals surface area contributed by atoms with Crippen LogP contribution in [0.3, 0.4) is 0 Å². The van der Waals surface area contributed by atoms with Crippen LogP contribution in [0.25, 0.3) is 0 Å². The summed E-state index contributed by atoms with van der Waals surface area (Å²) in [6.07, 6.45) is -0.261. The molecule has 0 saturated carbocycles. The Morgan fingerprint density at radius 1 is 1.44 bits per heavy atom. The minimum atomic E-state index is -0.261. The number of hydrogen-bond acceptors (Lipinski definition) is 3. The Balaban J connectivity index is 2.05. The molecule has 1 aliphatic heterocycles. The van der Waals surface area contributed by atoms with Crippen LogP contribution in [0.4, 0.5) is 0 Å². The van der Waals surface area contributed by atoms with Crippen molar-refractivity contribution in [3.63, 3.8) is 0 Å². The predicted molar refractivity (Wildman–Crippen MR) is 71.8 cm³/mol. The van der Waals surface area contributed by atoms with Crippen LogP contribution in [0.2, 0.25) is 4.82 Å². The fourth-order valence-corrected chi connectivity index (χ4v) is 3.94. The van der Waals surface area contributed by atoms with Crippen LogP contribution in [0.5, 0.6) is 0 Å². The molecule has 2 unspecified atom stereocenters. The van der Waals surface area contributed by atoms with Gasteiger partial charge in [0.25, 0.3) is 0 Å². The monoisotopic (exact) mass is 312 g/mol. The fourth-order valence-electron chi connectivity index (χ4n) is 1.77. The standard InChI is InChI=1S/C13H16N2O2Se/c1-9(18-12-7-5-4-6-8-12)13-15(11(3)16)14-10(2)17-13/h4-9,13H,1-3H3. The summed E-state index contributed by atoms with van der Waals surface area (Å²) in [5.41, 5.74) is 0. The van der Waals surface area contributed by atoms with Gasteiger partial charge in [0, 0.05) is 0 Å². The second-order valence-electron chi connectivity index (χ2n) is 4.13. The van der Waals surface area contributed by atoms with Gasteiger partial charge in [-0.1, -0.05) is 0 Å². The van der Waals surface area contributed by atoms with E-state index in [9.17, 15) is 4.79 Å². The first-order valence-corrected chi connectivity index (χ1v) is 7.66. The zero-order chi connectivity index (χ0) is 13.1. The number of rotatable bonds is 3. The van der Waals surface area contributed by atoms with E-state index >= 15 is 0 Å². The maximum atomic E-state index is 11.5. The Labute approximate surface area is 113 Å². The number of carbonyl (C=O) groups excluding carboxylic acids is 1. The number of hydrogen-bond donors (Lipinski definition) is 0. The Morgan fingerprint density at radius 3 is 2.72 bits per heavy atom. The molecule has 2 rings (SSSR count). The zero-order valence-electron chi connectivity index (χ0n) is 10.7. The van der Waals surface area contributed by atoms with Gasteiger partial charge in [-0.2, -0.15) is 0 Å². The van der Waals surface area contributed by atoms with Crippen LogP contribution < -0.4 is 4.46 Å². The fraction of sp³-hybridized carbons (Fsp3) is 0.385. The van der Waals surface area contributed by atoms with Crippen LogP contribution in [-0.2, 0) is 9.53 Å². The number of hydrazone groups is 1. The van der Waals surface area contributed by atoms with Crippen molar-refractivity contribution in [2.24, 2.45) is 5.10 Å². The van der Waals surface area contributed by atoms with Gasteiger partial charge in [0.05, 0.1) is 0 Å². The molecule has 0 N–H and O–H groups in total. The third-order valence-electron chi connectivity index (χ3n) is 2.57. The molecule has 0 radical (unpaired) electrons. The molecule has 96 valence electrons. The molecule has 1 amide bonds. The first kappa shape index (κ1) is 13.1. The quantitative estimate of drug-likeness (QED) is 0.791. The molecule has 0 saturated heterocycles. The van der Waals surface area contributed by atoms with Gasteiger partial charge in [0.2, 0.25) is 0 Å². The zero-order valence-corrected chi connectivity index (χ0v) is 12.4. The van der Waals surface area contributed by atoms with Crippen LogP contribution in [-0.4, -0.2) is 38.0 Å². The van der Waals surface area contributed by atoms with Crippen LogP contribution >= 0.6 is 0 Å². The average Bonchev–Trinajstić information content (AvgIpc) is 2.73. The molecular formula is C13H16N2O2Se. The molecular weight excluding hydrogens is 295 g/mol. The predicted octanol–water partition coefficient (Wildman–Crippen LogP) is 1.36. The van der Waals surface area contributed by atoms with Crippen LogP contribution in [0.15, 0.2) is 35.4 Å². The summed E-state index contributed by atoms with van der Waals surface area (Å²) in [4.78, 5) is 11.8. The van der Waals surface area contributed by atoms with Crippen molar-refractivity contribution < 1.29 is 9.53 Å². The summed E-state index contributed by atoms with van der Waals surface area (Å²) in [6, 6.07) is 10.3. The first-order valence-electron chi connectivity index (χ1n) is 5.81. The summed E-state index contributed by atoms with van der Waals surface area (Å²) >= 11 is 0.250. The number of nitrogens with zero attached hydrogens (tertiary/aromatic N) is 2. The maximum absolute atomic E-state index is 11.5. The Kier molecular flexibility index (Phi) is 4.04. The van der Waals surface area contributed by atoms with E-state index in [2.05, 4.69) is 24.2 Å². The van der Waals surface area contributed by atoms with Crippen molar-refractivity contribution >= 4 is 31.2 Å². The van der Waals surface area contributed by atoms with Gasteiger partial charge in [-0.15, -0.1) is 0 Å². The number of ether oxygens (including phenoxy) is 1. The minimum absolute atomic E-state index is 0.0763. The summed E-state index contributed by atoms with van der Waals surface area (Å²) < 4.78 is 6.94. The van der Waals surface area contributed by atoms with Crippen LogP contribution in [0, 0.1) is 0 Å². The van der Waals surface area contributed by atoms with Crippen LogP contribution in [0.1, 0.15) is 20.8 Å². The van der Waals surface area contributed by atoms with E-state index in [0.29, 0.717) is 5.90 Å². The SMILES string of the molecule is CC(=O)N1N=C(C)OC1C(C)[Se]c1ccccc1. The Hall–Kier alpha value is -1.32. The molecule has 4 nitrogen and oxygen atoms in total. The van der Waals surface area contributed by atoms with E-state index in [-0.39, 0.29) is 31.9 Å². The van der Waals surface area contributed by atoms with Crippen molar-refractivity contribution in [2.45, 2.75) is 31.8 Å². The molecule has 1 heterocycles. The van der Waals surface area contributed by atoms with E-state index in [0.717, 1.165) is 0 Å². The topological polar surface area (TPSA) is 41.9 Å². The van der Waals surface area contributed by atoms with Gasteiger partial charge in [0.1, 0.15) is 0 Å². The van der Waals surface area contributed by atoms with E-state index < -0.39 is 0 Å². The molecule has 2 atom stereocenters. The second-order valence-corrected chi connectivity index (χ2v) is 7.17. The van der Waals surface area contributed by atoms with Crippen molar-refractivity contribution in [2.75, 3.05) is 0 Å². The first-order chi connectivity index (χ1) is 8.58. The molecule has 0 bridgehead atoms. The molecule has 0 aliphatic carbocycles. The van der Waals surface area contributed by atoms with Gasteiger partial charge >= 0.3 is 113 Å². The van der Waals surface area contributed by atoms with Crippen molar-refractivity contribution in [3.8, 4) is 0 Å². The summed E-state index contributed by atoms with van der Waals surface area (Å²) in [6.45, 7) is 5.39. The van der Waals surface area contributed by atoms with E-state index in [1.165, 1.54) is 16.4 Å². The molecule has 5 heteroatoms. The Bertz CT molecular complexity index is 461. The average molecular weight is 311 g/mol. The molecule has 1 aliphatic rings. The van der Waals surface area contributed by atoms with Gasteiger partial charge in [-0.25, -0.2) is 0 Å². The van der Waals surface area contributed by atoms with Crippen molar-refractivity contribution in [1.82, 2.24) is 5.01 Å². The van der Waals surface area contributed by atoms with Crippen molar-refractivity contribution in [1.29, 1.82) is 0 Å². The van der Waals surface area contributed by atoms with Gasteiger partial charge in [-0.3, -0.25) is 0 Å². The van der Waals surface area contributed by atoms with Gasteiger partial charge < -0.3 is 0 Å². The van der Waals surface area contributed by atoms with Crippen molar-refractivity contribution in [3.05, 3.63) is 30.3 Å². The molecule has 1 aromatic carbocycles. The molecule has 0 fully saturated rings. The summed E-state index contributed by atoms with van der Waals surface area (Å²) in [5.74, 6) is 0.485. The summed E-state index contributed by atoms with van der Waals surface area (Å²) in [5, 5.41) is 5.57. The molecule has 0 spiro atoms. The third-order valence-corrected chi connectivity index (χ3v) is 4.98.